The molecule has 0 bridgehead atoms. The summed E-state index contributed by atoms with van der Waals surface area (Å²) in [5.41, 5.74) is 0.0144. The molecule has 0 rings (SSSR count). The molecule has 30 heavy (non-hydrogen) atoms. The number of carbonyl (C=O) groups is 3. The number of aliphatic carboxylic acids is 1. The molecule has 5 N–H and O–H groups in total. The summed E-state index contributed by atoms with van der Waals surface area (Å²) in [6.07, 6.45) is -0.933. The molecule has 0 aromatic heterocycles. The summed E-state index contributed by atoms with van der Waals surface area (Å²) in [6, 6.07) is 0. The van der Waals surface area contributed by atoms with E-state index < -0.39 is 24.3 Å². The lowest BCUT2D eigenvalue weighted by Crippen LogP contribution is -2.37. The molecule has 10 nitrogen and oxygen atoms in total. The van der Waals surface area contributed by atoms with Crippen LogP contribution in [0.25, 0.3) is 0 Å². The standard InChI is InChI=1S/C20H36N2O8/c1-13(6-7-21-18(27)29-9-8-23)10-20(4,5)12-22-19(28)30-11-16(24)14(2)15(3)17(25)26/h13,16,23-24H,6-12H2,1-5H3,(H,21,27)(H,22,28)(H,25,26). The van der Waals surface area contributed by atoms with Crippen LogP contribution in [0.5, 0.6) is 0 Å². The largest absolute Gasteiger partial charge is 0.478 e. The number of amides is 2. The van der Waals surface area contributed by atoms with Gasteiger partial charge >= 0.3 is 18.2 Å². The van der Waals surface area contributed by atoms with E-state index in [9.17, 15) is 19.5 Å². The second kappa shape index (κ2) is 13.8. The highest BCUT2D eigenvalue weighted by Gasteiger charge is 2.23. The van der Waals surface area contributed by atoms with E-state index in [4.69, 9.17) is 19.7 Å². The van der Waals surface area contributed by atoms with Crippen molar-refractivity contribution in [2.45, 2.75) is 53.6 Å². The Balaban J connectivity index is 4.25. The molecule has 2 amide bonds. The molecule has 0 saturated carbocycles. The quantitative estimate of drug-likeness (QED) is 0.275. The molecule has 0 heterocycles. The lowest BCUT2D eigenvalue weighted by molar-refractivity contribution is -0.132. The van der Waals surface area contributed by atoms with E-state index in [0.717, 1.165) is 12.8 Å². The Morgan fingerprint density at radius 2 is 1.67 bits per heavy atom. The molecule has 0 aliphatic heterocycles. The van der Waals surface area contributed by atoms with Crippen molar-refractivity contribution >= 4 is 18.2 Å². The van der Waals surface area contributed by atoms with Crippen LogP contribution in [0.1, 0.15) is 47.5 Å². The molecule has 0 aliphatic carbocycles. The lowest BCUT2D eigenvalue weighted by Gasteiger charge is -2.28. The zero-order valence-electron chi connectivity index (χ0n) is 18.5. The Labute approximate surface area is 177 Å². The highest BCUT2D eigenvalue weighted by atomic mass is 16.6. The van der Waals surface area contributed by atoms with Gasteiger partial charge in [-0.3, -0.25) is 0 Å². The Hall–Kier alpha value is -2.33. The van der Waals surface area contributed by atoms with Gasteiger partial charge in [-0.25, -0.2) is 14.4 Å². The van der Waals surface area contributed by atoms with E-state index in [-0.39, 0.29) is 42.3 Å². The first-order valence-corrected chi connectivity index (χ1v) is 9.90. The summed E-state index contributed by atoms with van der Waals surface area (Å²) >= 11 is 0. The van der Waals surface area contributed by atoms with Crippen molar-refractivity contribution in [3.8, 4) is 0 Å². The molecule has 2 unspecified atom stereocenters. The minimum absolute atomic E-state index is 0.0118. The van der Waals surface area contributed by atoms with Crippen LogP contribution in [0.4, 0.5) is 9.59 Å². The normalized spacial score (nSPS) is 14.2. The van der Waals surface area contributed by atoms with Gasteiger partial charge in [-0.1, -0.05) is 20.8 Å². The molecular formula is C20H36N2O8. The van der Waals surface area contributed by atoms with Crippen LogP contribution in [0, 0.1) is 11.3 Å². The van der Waals surface area contributed by atoms with Gasteiger partial charge in [0.25, 0.3) is 0 Å². The number of carboxylic acids is 1. The molecule has 0 spiro atoms. The number of hydrogen-bond donors (Lipinski definition) is 5. The van der Waals surface area contributed by atoms with Crippen LogP contribution in [0.2, 0.25) is 0 Å². The zero-order chi connectivity index (χ0) is 23.3. The minimum atomic E-state index is -1.18. The van der Waals surface area contributed by atoms with Gasteiger partial charge in [-0.2, -0.15) is 0 Å². The molecule has 0 aromatic carbocycles. The number of rotatable bonds is 13. The van der Waals surface area contributed by atoms with Crippen LogP contribution in [0.3, 0.4) is 0 Å². The van der Waals surface area contributed by atoms with Gasteiger partial charge in [0, 0.05) is 18.7 Å². The highest BCUT2D eigenvalue weighted by Crippen LogP contribution is 2.26. The maximum absolute atomic E-state index is 11.9. The van der Waals surface area contributed by atoms with Crippen LogP contribution < -0.4 is 10.6 Å². The average molecular weight is 433 g/mol. The van der Waals surface area contributed by atoms with E-state index in [2.05, 4.69) is 10.6 Å². The molecule has 0 aliphatic rings. The van der Waals surface area contributed by atoms with Crippen molar-refractivity contribution < 1.29 is 39.2 Å². The van der Waals surface area contributed by atoms with Crippen molar-refractivity contribution in [3.05, 3.63) is 11.1 Å². The molecule has 0 fully saturated rings. The summed E-state index contributed by atoms with van der Waals surface area (Å²) in [4.78, 5) is 34.1. The highest BCUT2D eigenvalue weighted by molar-refractivity contribution is 5.86. The summed E-state index contributed by atoms with van der Waals surface area (Å²) < 4.78 is 9.68. The number of alkyl carbamates (subject to hydrolysis) is 2. The fourth-order valence-corrected chi connectivity index (χ4v) is 2.79. The van der Waals surface area contributed by atoms with Crippen LogP contribution in [-0.2, 0) is 14.3 Å². The number of aliphatic hydroxyl groups excluding tert-OH is 2. The number of ether oxygens (including phenoxy) is 2. The second-order valence-corrected chi connectivity index (χ2v) is 8.13. The van der Waals surface area contributed by atoms with Gasteiger partial charge in [-0.05, 0) is 43.6 Å². The van der Waals surface area contributed by atoms with Crippen molar-refractivity contribution in [1.82, 2.24) is 10.6 Å². The fraction of sp³-hybridized carbons (Fsp3) is 0.750. The maximum atomic E-state index is 11.9. The van der Waals surface area contributed by atoms with E-state index in [1.165, 1.54) is 13.8 Å². The number of nitrogens with one attached hydrogen (secondary N) is 2. The Morgan fingerprint density at radius 3 is 2.23 bits per heavy atom. The predicted molar refractivity (Wildman–Crippen MR) is 110 cm³/mol. The third kappa shape index (κ3) is 12.3. The Bertz CT molecular complexity index is 604. The van der Waals surface area contributed by atoms with Crippen LogP contribution >= 0.6 is 0 Å². The molecule has 2 atom stereocenters. The van der Waals surface area contributed by atoms with Gasteiger partial charge < -0.3 is 35.4 Å². The van der Waals surface area contributed by atoms with Crippen molar-refractivity contribution in [1.29, 1.82) is 0 Å². The smallest absolute Gasteiger partial charge is 0.407 e. The first-order valence-electron chi connectivity index (χ1n) is 9.90. The van der Waals surface area contributed by atoms with E-state index >= 15 is 0 Å². The van der Waals surface area contributed by atoms with E-state index in [1.807, 2.05) is 20.8 Å². The lowest BCUT2D eigenvalue weighted by atomic mass is 9.82. The molecule has 10 heteroatoms. The third-order valence-electron chi connectivity index (χ3n) is 4.63. The Kier molecular flexibility index (Phi) is 12.7. The van der Waals surface area contributed by atoms with E-state index in [0.29, 0.717) is 13.1 Å². The number of hydrogen-bond acceptors (Lipinski definition) is 7. The molecular weight excluding hydrogens is 396 g/mol. The van der Waals surface area contributed by atoms with E-state index in [1.54, 1.807) is 0 Å². The fourth-order valence-electron chi connectivity index (χ4n) is 2.79. The molecule has 174 valence electrons. The monoisotopic (exact) mass is 432 g/mol. The van der Waals surface area contributed by atoms with Crippen molar-refractivity contribution in [2.75, 3.05) is 32.9 Å². The first kappa shape index (κ1) is 27.7. The van der Waals surface area contributed by atoms with Crippen molar-refractivity contribution in [2.24, 2.45) is 11.3 Å². The number of carbonyl (C=O) groups excluding carboxylic acids is 2. The van der Waals surface area contributed by atoms with Crippen molar-refractivity contribution in [3.63, 3.8) is 0 Å². The number of aliphatic hydroxyl groups is 2. The Morgan fingerprint density at radius 1 is 1.07 bits per heavy atom. The zero-order valence-corrected chi connectivity index (χ0v) is 18.5. The molecule has 0 saturated heterocycles. The predicted octanol–water partition coefficient (Wildman–Crippen LogP) is 1.66. The maximum Gasteiger partial charge on any atom is 0.407 e. The average Bonchev–Trinajstić information content (AvgIpc) is 2.67. The van der Waals surface area contributed by atoms with Gasteiger partial charge in [0.1, 0.15) is 19.3 Å². The summed E-state index contributed by atoms with van der Waals surface area (Å²) in [5.74, 6) is -0.867. The summed E-state index contributed by atoms with van der Waals surface area (Å²) in [6.45, 7) is 9.06. The summed E-state index contributed by atoms with van der Waals surface area (Å²) in [7, 11) is 0. The van der Waals surface area contributed by atoms with Gasteiger partial charge in [0.15, 0.2) is 0 Å². The second-order valence-electron chi connectivity index (χ2n) is 8.13. The van der Waals surface area contributed by atoms with Gasteiger partial charge in [-0.15, -0.1) is 0 Å². The third-order valence-corrected chi connectivity index (χ3v) is 4.63. The van der Waals surface area contributed by atoms with Gasteiger partial charge in [0.05, 0.1) is 6.61 Å². The van der Waals surface area contributed by atoms with Gasteiger partial charge in [0.2, 0.25) is 0 Å². The topological polar surface area (TPSA) is 154 Å². The van der Waals surface area contributed by atoms with Crippen LogP contribution in [-0.4, -0.2) is 72.5 Å². The number of carboxylic acid groups (broad SMARTS) is 1. The van der Waals surface area contributed by atoms with Crippen LogP contribution in [0.15, 0.2) is 11.1 Å². The molecule has 0 radical (unpaired) electrons. The first-order chi connectivity index (χ1) is 13.9. The minimum Gasteiger partial charge on any atom is -0.478 e. The molecule has 0 aromatic rings. The summed E-state index contributed by atoms with van der Waals surface area (Å²) in [5, 5.41) is 32.7. The SMILES string of the molecule is CC(C(=O)O)=C(C)C(O)COC(=O)NCC(C)(C)CC(C)CCNC(=O)OCCO.